The fourth-order valence-electron chi connectivity index (χ4n) is 3.01. The fourth-order valence-corrected chi connectivity index (χ4v) is 3.77. The average molecular weight is 349 g/mol. The number of H-pyrrole nitrogens is 1. The molecule has 0 spiro atoms. The number of nitrogens with zero attached hydrogens (tertiary/aromatic N) is 1. The Hall–Kier alpha value is -2.03. The Balaban J connectivity index is 1.99. The van der Waals surface area contributed by atoms with Crippen molar-refractivity contribution in [3.63, 3.8) is 0 Å². The van der Waals surface area contributed by atoms with Gasteiger partial charge >= 0.3 is 0 Å². The highest BCUT2D eigenvalue weighted by molar-refractivity contribution is 8.00. The quantitative estimate of drug-likeness (QED) is 0.737. The van der Waals surface area contributed by atoms with Crippen LogP contribution in [0.5, 0.6) is 0 Å². The number of nitrogens with one attached hydrogen (secondary N) is 2. The van der Waals surface area contributed by atoms with Crippen molar-refractivity contribution in [3.05, 3.63) is 36.0 Å². The Morgan fingerprint density at radius 2 is 2.12 bits per heavy atom. The van der Waals surface area contributed by atoms with E-state index >= 15 is 0 Å². The van der Waals surface area contributed by atoms with Crippen LogP contribution in [-0.4, -0.2) is 57.9 Å². The second kappa shape index (κ2) is 6.46. The van der Waals surface area contributed by atoms with E-state index in [2.05, 4.69) is 10.3 Å². The molecule has 2 aromatic rings. The summed E-state index contributed by atoms with van der Waals surface area (Å²) < 4.78 is 0. The lowest BCUT2D eigenvalue weighted by atomic mass is 10.0. The Bertz CT molecular complexity index is 778. The number of hydrogen-bond acceptors (Lipinski definition) is 5. The minimum absolute atomic E-state index is 0.306. The van der Waals surface area contributed by atoms with E-state index in [1.807, 2.05) is 30.5 Å². The summed E-state index contributed by atoms with van der Waals surface area (Å²) in [6.45, 7) is -0.497. The number of amides is 2. The van der Waals surface area contributed by atoms with Crippen molar-refractivity contribution in [2.45, 2.75) is 17.3 Å². The van der Waals surface area contributed by atoms with E-state index in [4.69, 9.17) is 4.84 Å². The van der Waals surface area contributed by atoms with Crippen LogP contribution in [0.2, 0.25) is 0 Å². The largest absolute Gasteiger partial charge is 0.394 e. The van der Waals surface area contributed by atoms with E-state index in [-0.39, 0.29) is 5.91 Å². The first-order valence-electron chi connectivity index (χ1n) is 7.47. The summed E-state index contributed by atoms with van der Waals surface area (Å²) in [5.74, 6) is -0.824. The van der Waals surface area contributed by atoms with Crippen molar-refractivity contribution in [2.24, 2.45) is 0 Å². The van der Waals surface area contributed by atoms with Crippen LogP contribution in [0.4, 0.5) is 0 Å². The van der Waals surface area contributed by atoms with Gasteiger partial charge in [-0.3, -0.25) is 14.4 Å². The maximum absolute atomic E-state index is 12.9. The molecule has 8 heteroatoms. The minimum Gasteiger partial charge on any atom is -0.394 e. The summed E-state index contributed by atoms with van der Waals surface area (Å²) >= 11 is 1.24. The van der Waals surface area contributed by atoms with Crippen LogP contribution < -0.4 is 5.32 Å². The van der Waals surface area contributed by atoms with Crippen molar-refractivity contribution in [1.82, 2.24) is 15.4 Å². The number of piperazine rings is 1. The number of para-hydroxylation sites is 1. The molecule has 0 aliphatic carbocycles. The van der Waals surface area contributed by atoms with Crippen molar-refractivity contribution in [3.8, 4) is 0 Å². The van der Waals surface area contributed by atoms with Gasteiger partial charge in [-0.05, 0) is 17.9 Å². The SMILES string of the molecule is CON1C(=O)[C@@](Cc2c[nH]c3ccccc23)(SC)NC(=O)[C@@H]1CO. The summed E-state index contributed by atoms with van der Waals surface area (Å²) in [5.41, 5.74) is 1.89. The van der Waals surface area contributed by atoms with Crippen molar-refractivity contribution < 1.29 is 19.5 Å². The average Bonchev–Trinajstić information content (AvgIpc) is 3.00. The molecule has 2 heterocycles. The van der Waals surface area contributed by atoms with E-state index in [0.29, 0.717) is 6.42 Å². The number of carbonyl (C=O) groups excluding carboxylic acids is 2. The Kier molecular flexibility index (Phi) is 4.53. The van der Waals surface area contributed by atoms with E-state index in [0.717, 1.165) is 21.5 Å². The first-order valence-corrected chi connectivity index (χ1v) is 8.69. The van der Waals surface area contributed by atoms with E-state index in [1.165, 1.54) is 18.9 Å². The van der Waals surface area contributed by atoms with Crippen molar-refractivity contribution in [2.75, 3.05) is 20.0 Å². The Labute approximate surface area is 143 Å². The molecule has 0 saturated carbocycles. The highest BCUT2D eigenvalue weighted by Gasteiger charge is 2.51. The number of thioether (sulfide) groups is 1. The molecule has 7 nitrogen and oxygen atoms in total. The molecule has 1 fully saturated rings. The molecule has 2 amide bonds. The zero-order valence-corrected chi connectivity index (χ0v) is 14.2. The molecule has 1 aliphatic rings. The van der Waals surface area contributed by atoms with Gasteiger partial charge in [-0.15, -0.1) is 11.8 Å². The molecule has 3 N–H and O–H groups in total. The molecule has 1 saturated heterocycles. The maximum Gasteiger partial charge on any atom is 0.283 e. The number of fused-ring (bicyclic) bond motifs is 1. The van der Waals surface area contributed by atoms with Gasteiger partial charge in [0.2, 0.25) is 5.91 Å². The second-order valence-corrected chi connectivity index (χ2v) is 6.67. The highest BCUT2D eigenvalue weighted by atomic mass is 32.2. The molecule has 0 bridgehead atoms. The van der Waals surface area contributed by atoms with Gasteiger partial charge in [0.25, 0.3) is 5.91 Å². The molecule has 24 heavy (non-hydrogen) atoms. The van der Waals surface area contributed by atoms with Gasteiger partial charge in [-0.25, -0.2) is 5.06 Å². The summed E-state index contributed by atoms with van der Waals surface area (Å²) in [4.78, 5) is 32.3. The highest BCUT2D eigenvalue weighted by Crippen LogP contribution is 2.33. The zero-order valence-electron chi connectivity index (χ0n) is 13.4. The molecule has 2 atom stereocenters. The predicted molar refractivity (Wildman–Crippen MR) is 91.1 cm³/mol. The predicted octanol–water partition coefficient (Wildman–Crippen LogP) is 0.650. The summed E-state index contributed by atoms with van der Waals surface area (Å²) in [7, 11) is 1.32. The Morgan fingerprint density at radius 3 is 2.79 bits per heavy atom. The van der Waals surface area contributed by atoms with E-state index < -0.39 is 23.4 Å². The van der Waals surface area contributed by atoms with Crippen LogP contribution in [0.15, 0.2) is 30.5 Å². The lowest BCUT2D eigenvalue weighted by molar-refractivity contribution is -0.205. The smallest absolute Gasteiger partial charge is 0.283 e. The molecule has 3 rings (SSSR count). The van der Waals surface area contributed by atoms with Gasteiger partial charge in [-0.2, -0.15) is 0 Å². The van der Waals surface area contributed by atoms with Crippen LogP contribution in [0.25, 0.3) is 10.9 Å². The summed E-state index contributed by atoms with van der Waals surface area (Å²) in [6, 6.07) is 6.74. The van der Waals surface area contributed by atoms with Gasteiger partial charge in [-0.1, -0.05) is 18.2 Å². The molecule has 0 unspecified atom stereocenters. The number of aliphatic hydroxyl groups excluding tert-OH is 1. The Morgan fingerprint density at radius 1 is 1.38 bits per heavy atom. The monoisotopic (exact) mass is 349 g/mol. The number of aliphatic hydroxyl groups is 1. The van der Waals surface area contributed by atoms with E-state index in [1.54, 1.807) is 6.26 Å². The molecule has 1 aromatic carbocycles. The first-order chi connectivity index (χ1) is 11.6. The number of carbonyl (C=O) groups is 2. The van der Waals surface area contributed by atoms with E-state index in [9.17, 15) is 14.7 Å². The lowest BCUT2D eigenvalue weighted by Gasteiger charge is -2.43. The number of hydrogen-bond donors (Lipinski definition) is 3. The van der Waals surface area contributed by atoms with Gasteiger partial charge in [0.05, 0.1) is 13.7 Å². The molecular formula is C16H19N3O4S. The number of aromatic amines is 1. The van der Waals surface area contributed by atoms with Crippen molar-refractivity contribution >= 4 is 34.5 Å². The fraction of sp³-hybridized carbons (Fsp3) is 0.375. The molecular weight excluding hydrogens is 330 g/mol. The zero-order chi connectivity index (χ0) is 17.3. The number of hydroxylamine groups is 2. The van der Waals surface area contributed by atoms with Gasteiger partial charge in [0.1, 0.15) is 0 Å². The van der Waals surface area contributed by atoms with Crippen molar-refractivity contribution in [1.29, 1.82) is 0 Å². The van der Waals surface area contributed by atoms with Gasteiger partial charge in [0, 0.05) is 23.5 Å². The van der Waals surface area contributed by atoms with Gasteiger partial charge in [0.15, 0.2) is 10.9 Å². The molecule has 128 valence electrons. The third-order valence-corrected chi connectivity index (χ3v) is 5.41. The van der Waals surface area contributed by atoms with Crippen LogP contribution in [0.1, 0.15) is 5.56 Å². The maximum atomic E-state index is 12.9. The van der Waals surface area contributed by atoms with Gasteiger partial charge < -0.3 is 15.4 Å². The second-order valence-electron chi connectivity index (χ2n) is 5.57. The van der Waals surface area contributed by atoms with Crippen LogP contribution >= 0.6 is 11.8 Å². The molecule has 0 radical (unpaired) electrons. The lowest BCUT2D eigenvalue weighted by Crippen LogP contribution is -2.70. The minimum atomic E-state index is -1.18. The first kappa shape index (κ1) is 16.8. The third kappa shape index (κ3) is 2.56. The topological polar surface area (TPSA) is 94.7 Å². The molecule has 1 aromatic heterocycles. The summed E-state index contributed by atoms with van der Waals surface area (Å²) in [5, 5.41) is 14.1. The third-order valence-electron chi connectivity index (χ3n) is 4.29. The normalized spacial score (nSPS) is 24.5. The number of aromatic nitrogens is 1. The van der Waals surface area contributed by atoms with Crippen LogP contribution in [0, 0.1) is 0 Å². The standard InChI is InChI=1S/C16H19N3O4S/c1-23-19-13(9-20)14(21)18-16(24-2,15(19)22)7-10-8-17-12-6-4-3-5-11(10)12/h3-6,8,13,17,20H,7,9H2,1-2H3,(H,18,21)/t13-,16+/m0/s1. The van der Waals surface area contributed by atoms with Crippen LogP contribution in [-0.2, 0) is 20.8 Å². The summed E-state index contributed by atoms with van der Waals surface area (Å²) in [6.07, 6.45) is 3.91. The molecule has 1 aliphatic heterocycles. The van der Waals surface area contributed by atoms with Crippen LogP contribution in [0.3, 0.4) is 0 Å². The number of rotatable bonds is 5. The number of benzene rings is 1.